The minimum atomic E-state index is -1.13. The molecule has 30 heavy (non-hydrogen) atoms. The molecule has 1 aliphatic rings. The van der Waals surface area contributed by atoms with Crippen molar-refractivity contribution in [1.29, 1.82) is 0 Å². The van der Waals surface area contributed by atoms with E-state index in [1.165, 1.54) is 0 Å². The third-order valence-corrected chi connectivity index (χ3v) is 6.01. The summed E-state index contributed by atoms with van der Waals surface area (Å²) in [6.45, 7) is 3.90. The summed E-state index contributed by atoms with van der Waals surface area (Å²) in [7, 11) is 0. The van der Waals surface area contributed by atoms with Gasteiger partial charge in [-0.05, 0) is 28.8 Å². The molecule has 4 rings (SSSR count). The van der Waals surface area contributed by atoms with Gasteiger partial charge in [0, 0.05) is 32.0 Å². The van der Waals surface area contributed by atoms with Gasteiger partial charge in [-0.25, -0.2) is 0 Å². The van der Waals surface area contributed by atoms with Gasteiger partial charge in [0.1, 0.15) is 11.4 Å². The number of aliphatic hydroxyl groups is 1. The zero-order chi connectivity index (χ0) is 20.8. The van der Waals surface area contributed by atoms with Crippen molar-refractivity contribution >= 4 is 0 Å². The van der Waals surface area contributed by atoms with Crippen molar-refractivity contribution in [1.82, 2.24) is 4.90 Å². The molecule has 2 N–H and O–H groups in total. The molecule has 0 saturated carbocycles. The first-order valence-corrected chi connectivity index (χ1v) is 10.6. The number of phenolic OH excluding ortho intramolecular Hbond substituents is 1. The van der Waals surface area contributed by atoms with Crippen LogP contribution in [0.1, 0.15) is 22.6 Å². The molecule has 0 aliphatic carbocycles. The Balaban J connectivity index is 1.77. The summed E-state index contributed by atoms with van der Waals surface area (Å²) < 4.78 is 5.53. The Bertz CT molecular complexity index is 908. The number of morpholine rings is 1. The Labute approximate surface area is 178 Å². The van der Waals surface area contributed by atoms with Crippen LogP contribution in [0.3, 0.4) is 0 Å². The van der Waals surface area contributed by atoms with Crippen LogP contribution in [-0.4, -0.2) is 48.0 Å². The fourth-order valence-corrected chi connectivity index (χ4v) is 4.34. The van der Waals surface area contributed by atoms with Gasteiger partial charge in [-0.2, -0.15) is 0 Å². The Morgan fingerprint density at radius 3 is 2.07 bits per heavy atom. The number of phenols is 1. The summed E-state index contributed by atoms with van der Waals surface area (Å²) in [6, 6.07) is 27.4. The summed E-state index contributed by atoms with van der Waals surface area (Å²) in [5, 5.41) is 22.2. The molecule has 1 aliphatic heterocycles. The zero-order valence-electron chi connectivity index (χ0n) is 17.2. The fourth-order valence-electron chi connectivity index (χ4n) is 4.34. The molecule has 0 bridgehead atoms. The highest BCUT2D eigenvalue weighted by Gasteiger charge is 2.40. The van der Waals surface area contributed by atoms with Gasteiger partial charge in [-0.1, -0.05) is 72.8 Å². The lowest BCUT2D eigenvalue weighted by Crippen LogP contribution is -2.45. The number of rotatable bonds is 7. The van der Waals surface area contributed by atoms with Crippen LogP contribution in [0.5, 0.6) is 5.75 Å². The van der Waals surface area contributed by atoms with E-state index in [1.54, 1.807) is 12.1 Å². The molecule has 3 aromatic carbocycles. The molecule has 1 fully saturated rings. The first-order valence-electron chi connectivity index (χ1n) is 10.6. The topological polar surface area (TPSA) is 52.9 Å². The van der Waals surface area contributed by atoms with Crippen LogP contribution in [-0.2, 0) is 16.8 Å². The highest BCUT2D eigenvalue weighted by molar-refractivity contribution is 5.37. The van der Waals surface area contributed by atoms with Crippen LogP contribution in [0.25, 0.3) is 0 Å². The molecule has 156 valence electrons. The van der Waals surface area contributed by atoms with Gasteiger partial charge >= 0.3 is 0 Å². The second kappa shape index (κ2) is 9.43. The largest absolute Gasteiger partial charge is 0.508 e. The summed E-state index contributed by atoms with van der Waals surface area (Å²) >= 11 is 0. The molecule has 0 radical (unpaired) electrons. The van der Waals surface area contributed by atoms with E-state index in [-0.39, 0.29) is 11.7 Å². The quantitative estimate of drug-likeness (QED) is 0.627. The average Bonchev–Trinajstić information content (AvgIpc) is 2.80. The second-order valence-electron chi connectivity index (χ2n) is 8.01. The lowest BCUT2D eigenvalue weighted by atomic mass is 9.73. The molecule has 3 aromatic rings. The van der Waals surface area contributed by atoms with Gasteiger partial charge in [-0.15, -0.1) is 0 Å². The lowest BCUT2D eigenvalue weighted by molar-refractivity contribution is -0.0223. The monoisotopic (exact) mass is 403 g/mol. The van der Waals surface area contributed by atoms with Gasteiger partial charge in [0.05, 0.1) is 13.2 Å². The van der Waals surface area contributed by atoms with Gasteiger partial charge < -0.3 is 14.9 Å². The summed E-state index contributed by atoms with van der Waals surface area (Å²) in [4.78, 5) is 2.37. The molecule has 1 saturated heterocycles. The smallest absolute Gasteiger partial charge is 0.115 e. The third kappa shape index (κ3) is 4.73. The van der Waals surface area contributed by atoms with Crippen LogP contribution in [0.4, 0.5) is 0 Å². The third-order valence-electron chi connectivity index (χ3n) is 6.01. The molecule has 2 atom stereocenters. The van der Waals surface area contributed by atoms with Crippen LogP contribution >= 0.6 is 0 Å². The lowest BCUT2D eigenvalue weighted by Gasteiger charge is -2.41. The SMILES string of the molecule is Oc1ccc([C@](O)(Cc2ccccc2)[C@H](CN2CCOCC2)c2ccccc2)cc1. The maximum Gasteiger partial charge on any atom is 0.115 e. The first-order chi connectivity index (χ1) is 14.6. The molecular weight excluding hydrogens is 374 g/mol. The normalized spacial score (nSPS) is 17.9. The first kappa shape index (κ1) is 20.6. The molecule has 0 unspecified atom stereocenters. The number of hydrogen-bond donors (Lipinski definition) is 2. The van der Waals surface area contributed by atoms with Crippen molar-refractivity contribution in [2.45, 2.75) is 17.9 Å². The molecule has 4 heteroatoms. The minimum Gasteiger partial charge on any atom is -0.508 e. The van der Waals surface area contributed by atoms with E-state index in [9.17, 15) is 10.2 Å². The van der Waals surface area contributed by atoms with Crippen LogP contribution in [0.15, 0.2) is 84.9 Å². The number of aromatic hydroxyl groups is 1. The van der Waals surface area contributed by atoms with Crippen LogP contribution in [0.2, 0.25) is 0 Å². The molecule has 0 amide bonds. The second-order valence-corrected chi connectivity index (χ2v) is 8.01. The fraction of sp³-hybridized carbons (Fsp3) is 0.308. The van der Waals surface area contributed by atoms with Gasteiger partial charge in [0.25, 0.3) is 0 Å². The molecule has 0 spiro atoms. The van der Waals surface area contributed by atoms with Gasteiger partial charge in [0.15, 0.2) is 0 Å². The van der Waals surface area contributed by atoms with E-state index in [1.807, 2.05) is 48.5 Å². The van der Waals surface area contributed by atoms with Crippen LogP contribution in [0, 0.1) is 0 Å². The number of hydrogen-bond acceptors (Lipinski definition) is 4. The summed E-state index contributed by atoms with van der Waals surface area (Å²) in [5.41, 5.74) is 1.87. The van der Waals surface area contributed by atoms with E-state index >= 15 is 0 Å². The van der Waals surface area contributed by atoms with E-state index in [0.29, 0.717) is 6.42 Å². The Morgan fingerprint density at radius 2 is 1.43 bits per heavy atom. The minimum absolute atomic E-state index is 0.137. The van der Waals surface area contributed by atoms with Crippen LogP contribution < -0.4 is 0 Å². The summed E-state index contributed by atoms with van der Waals surface area (Å²) in [5.74, 6) is 0.0619. The Kier molecular flexibility index (Phi) is 6.48. The standard InChI is InChI=1S/C26H29NO3/c28-24-13-11-23(12-14-24)26(29,19-21-7-3-1-4-8-21)25(22-9-5-2-6-10-22)20-27-15-17-30-18-16-27/h1-14,25,28-29H,15-20H2/t25-,26-/m1/s1. The number of benzene rings is 3. The van der Waals surface area contributed by atoms with Crippen molar-refractivity contribution in [2.75, 3.05) is 32.8 Å². The van der Waals surface area contributed by atoms with E-state index in [2.05, 4.69) is 29.2 Å². The Hall–Kier alpha value is -2.66. The predicted molar refractivity (Wildman–Crippen MR) is 119 cm³/mol. The van der Waals surface area contributed by atoms with E-state index in [0.717, 1.165) is 49.5 Å². The average molecular weight is 404 g/mol. The predicted octanol–water partition coefficient (Wildman–Crippen LogP) is 3.94. The van der Waals surface area contributed by atoms with Crippen molar-refractivity contribution in [3.63, 3.8) is 0 Å². The summed E-state index contributed by atoms with van der Waals surface area (Å²) in [6.07, 6.45) is 0.489. The molecular formula is C26H29NO3. The van der Waals surface area contributed by atoms with E-state index < -0.39 is 5.60 Å². The van der Waals surface area contributed by atoms with Crippen molar-refractivity contribution in [3.05, 3.63) is 102 Å². The number of nitrogens with zero attached hydrogens (tertiary/aromatic N) is 1. The number of ether oxygens (including phenoxy) is 1. The van der Waals surface area contributed by atoms with Gasteiger partial charge in [-0.3, -0.25) is 4.90 Å². The molecule has 0 aromatic heterocycles. The maximum absolute atomic E-state index is 12.3. The highest BCUT2D eigenvalue weighted by Crippen LogP contribution is 2.41. The Morgan fingerprint density at radius 1 is 0.833 bits per heavy atom. The van der Waals surface area contributed by atoms with Crippen molar-refractivity contribution < 1.29 is 14.9 Å². The molecule has 1 heterocycles. The van der Waals surface area contributed by atoms with Gasteiger partial charge in [0.2, 0.25) is 0 Å². The molecule has 4 nitrogen and oxygen atoms in total. The van der Waals surface area contributed by atoms with Crippen molar-refractivity contribution in [3.8, 4) is 5.75 Å². The van der Waals surface area contributed by atoms with E-state index in [4.69, 9.17) is 4.74 Å². The maximum atomic E-state index is 12.3. The highest BCUT2D eigenvalue weighted by atomic mass is 16.5. The van der Waals surface area contributed by atoms with Crippen molar-refractivity contribution in [2.24, 2.45) is 0 Å². The zero-order valence-corrected chi connectivity index (χ0v) is 17.2.